The first-order valence-electron chi connectivity index (χ1n) is 8.27. The molecule has 0 aliphatic carbocycles. The van der Waals surface area contributed by atoms with Gasteiger partial charge >= 0.3 is 5.97 Å². The molecule has 0 spiro atoms. The van der Waals surface area contributed by atoms with Crippen LogP contribution in [0.15, 0.2) is 60.7 Å². The largest absolute Gasteiger partial charge is 0.460 e. The molecule has 0 N–H and O–H groups in total. The molecule has 0 aromatic heterocycles. The number of ether oxygens (including phenoxy) is 1. The van der Waals surface area contributed by atoms with E-state index >= 15 is 0 Å². The first-order valence-corrected chi connectivity index (χ1v) is 8.27. The highest BCUT2D eigenvalue weighted by Crippen LogP contribution is 2.35. The lowest BCUT2D eigenvalue weighted by atomic mass is 9.78. The Hall–Kier alpha value is -2.09. The van der Waals surface area contributed by atoms with Crippen LogP contribution in [0.1, 0.15) is 50.7 Å². The maximum atomic E-state index is 12.7. The van der Waals surface area contributed by atoms with Crippen molar-refractivity contribution in [2.45, 2.75) is 46.1 Å². The molecule has 2 heteroatoms. The molecule has 1 atom stereocenters. The third-order valence-corrected chi connectivity index (χ3v) is 4.42. The van der Waals surface area contributed by atoms with Gasteiger partial charge in [-0.2, -0.15) is 0 Å². The molecule has 0 amide bonds. The molecule has 0 unspecified atom stereocenters. The van der Waals surface area contributed by atoms with Gasteiger partial charge in [-0.05, 0) is 23.0 Å². The smallest absolute Gasteiger partial charge is 0.313 e. The number of hydrogen-bond donors (Lipinski definition) is 0. The highest BCUT2D eigenvalue weighted by Gasteiger charge is 2.29. The van der Waals surface area contributed by atoms with Crippen molar-refractivity contribution < 1.29 is 9.53 Å². The molecule has 0 saturated heterocycles. The molecular weight excluding hydrogens is 284 g/mol. The van der Waals surface area contributed by atoms with E-state index in [0.717, 1.165) is 24.0 Å². The van der Waals surface area contributed by atoms with Crippen LogP contribution in [0.5, 0.6) is 0 Å². The van der Waals surface area contributed by atoms with Crippen LogP contribution >= 0.6 is 0 Å². The average molecular weight is 310 g/mol. The Bertz CT molecular complexity index is 602. The van der Waals surface area contributed by atoms with E-state index in [9.17, 15) is 4.79 Å². The van der Waals surface area contributed by atoms with E-state index in [4.69, 9.17) is 4.74 Å². The minimum Gasteiger partial charge on any atom is -0.460 e. The Balaban J connectivity index is 2.11. The van der Waals surface area contributed by atoms with Crippen molar-refractivity contribution in [2.75, 3.05) is 0 Å². The fourth-order valence-electron chi connectivity index (χ4n) is 2.55. The van der Waals surface area contributed by atoms with Crippen molar-refractivity contribution in [2.24, 2.45) is 5.41 Å². The van der Waals surface area contributed by atoms with E-state index < -0.39 is 0 Å². The van der Waals surface area contributed by atoms with Crippen LogP contribution in [0, 0.1) is 5.41 Å². The third kappa shape index (κ3) is 5.24. The summed E-state index contributed by atoms with van der Waals surface area (Å²) in [5.74, 6) is -0.351. The molecule has 0 aliphatic rings. The van der Waals surface area contributed by atoms with Crippen molar-refractivity contribution in [3.8, 4) is 0 Å². The maximum Gasteiger partial charge on any atom is 0.313 e. The quantitative estimate of drug-likeness (QED) is 0.645. The monoisotopic (exact) mass is 310 g/mol. The fraction of sp³-hybridized carbons (Fsp3) is 0.381. The Kier molecular flexibility index (Phi) is 5.97. The van der Waals surface area contributed by atoms with Crippen molar-refractivity contribution in [1.82, 2.24) is 0 Å². The van der Waals surface area contributed by atoms with Crippen LogP contribution in [0.3, 0.4) is 0 Å². The lowest BCUT2D eigenvalue weighted by Gasteiger charge is -2.28. The van der Waals surface area contributed by atoms with Gasteiger partial charge in [0.05, 0.1) is 5.92 Å². The van der Waals surface area contributed by atoms with Crippen LogP contribution < -0.4 is 0 Å². The van der Waals surface area contributed by atoms with Gasteiger partial charge in [-0.1, -0.05) is 87.9 Å². The molecule has 0 heterocycles. The van der Waals surface area contributed by atoms with Crippen LogP contribution in [-0.2, 0) is 16.1 Å². The normalized spacial score (nSPS) is 12.7. The predicted molar refractivity (Wildman–Crippen MR) is 94.1 cm³/mol. The van der Waals surface area contributed by atoms with Crippen molar-refractivity contribution in [1.29, 1.82) is 0 Å². The second-order valence-corrected chi connectivity index (χ2v) is 6.78. The zero-order chi connectivity index (χ0) is 16.7. The predicted octanol–water partition coefficient (Wildman–Crippen LogP) is 5.34. The summed E-state index contributed by atoms with van der Waals surface area (Å²) in [6.45, 7) is 6.90. The zero-order valence-corrected chi connectivity index (χ0v) is 14.3. The van der Waals surface area contributed by atoms with Gasteiger partial charge in [-0.15, -0.1) is 0 Å². The van der Waals surface area contributed by atoms with E-state index in [1.54, 1.807) is 0 Å². The molecule has 0 aliphatic heterocycles. The molecule has 0 fully saturated rings. The standard InChI is InChI=1S/C21H26O2/c1-4-21(2,3)15-19(18-13-9-6-10-14-18)20(22)23-16-17-11-7-5-8-12-17/h5-14,19H,4,15-16H2,1-3H3/t19-/m1/s1. The molecular formula is C21H26O2. The van der Waals surface area contributed by atoms with Crippen LogP contribution in [0.2, 0.25) is 0 Å². The van der Waals surface area contributed by atoms with Crippen molar-refractivity contribution >= 4 is 5.97 Å². The maximum absolute atomic E-state index is 12.7. The first kappa shape index (κ1) is 17.3. The number of benzene rings is 2. The number of esters is 1. The fourth-order valence-corrected chi connectivity index (χ4v) is 2.55. The number of hydrogen-bond acceptors (Lipinski definition) is 2. The molecule has 122 valence electrons. The van der Waals surface area contributed by atoms with Gasteiger partial charge in [0.1, 0.15) is 6.61 Å². The first-order chi connectivity index (χ1) is 11.0. The summed E-state index contributed by atoms with van der Waals surface area (Å²) in [6, 6.07) is 19.8. The van der Waals surface area contributed by atoms with Crippen LogP contribution in [0.4, 0.5) is 0 Å². The van der Waals surface area contributed by atoms with E-state index in [2.05, 4.69) is 20.8 Å². The van der Waals surface area contributed by atoms with Gasteiger partial charge in [0, 0.05) is 0 Å². The number of carbonyl (C=O) groups is 1. The average Bonchev–Trinajstić information content (AvgIpc) is 2.59. The van der Waals surface area contributed by atoms with Gasteiger partial charge in [0.25, 0.3) is 0 Å². The van der Waals surface area contributed by atoms with E-state index in [0.29, 0.717) is 6.61 Å². The molecule has 2 nitrogen and oxygen atoms in total. The van der Waals surface area contributed by atoms with E-state index in [1.165, 1.54) is 0 Å². The number of carbonyl (C=O) groups excluding carboxylic acids is 1. The zero-order valence-electron chi connectivity index (χ0n) is 14.3. The summed E-state index contributed by atoms with van der Waals surface area (Å²) >= 11 is 0. The lowest BCUT2D eigenvalue weighted by molar-refractivity contribution is -0.147. The summed E-state index contributed by atoms with van der Waals surface area (Å²) < 4.78 is 5.60. The minimum atomic E-state index is -0.213. The summed E-state index contributed by atoms with van der Waals surface area (Å²) in [7, 11) is 0. The van der Waals surface area contributed by atoms with Gasteiger partial charge < -0.3 is 4.74 Å². The van der Waals surface area contributed by atoms with E-state index in [1.807, 2.05) is 60.7 Å². The molecule has 23 heavy (non-hydrogen) atoms. The van der Waals surface area contributed by atoms with Crippen molar-refractivity contribution in [3.05, 3.63) is 71.8 Å². The summed E-state index contributed by atoms with van der Waals surface area (Å²) in [4.78, 5) is 12.7. The molecule has 0 radical (unpaired) electrons. The molecule has 0 bridgehead atoms. The van der Waals surface area contributed by atoms with Crippen LogP contribution in [0.25, 0.3) is 0 Å². The Morgan fingerprint density at radius 3 is 2.13 bits per heavy atom. The second kappa shape index (κ2) is 7.96. The highest BCUT2D eigenvalue weighted by molar-refractivity contribution is 5.78. The SMILES string of the molecule is CCC(C)(C)C[C@@H](C(=O)OCc1ccccc1)c1ccccc1. The number of rotatable bonds is 7. The van der Waals surface area contributed by atoms with Gasteiger partial charge in [-0.3, -0.25) is 4.79 Å². The summed E-state index contributed by atoms with van der Waals surface area (Å²) in [5, 5.41) is 0. The highest BCUT2D eigenvalue weighted by atomic mass is 16.5. The topological polar surface area (TPSA) is 26.3 Å². The Morgan fingerprint density at radius 1 is 1.00 bits per heavy atom. The Morgan fingerprint density at radius 2 is 1.57 bits per heavy atom. The second-order valence-electron chi connectivity index (χ2n) is 6.78. The van der Waals surface area contributed by atoms with Gasteiger partial charge in [0.2, 0.25) is 0 Å². The Labute approximate surface area is 139 Å². The van der Waals surface area contributed by atoms with Gasteiger partial charge in [-0.25, -0.2) is 0 Å². The minimum absolute atomic E-state index is 0.103. The molecule has 0 saturated carbocycles. The molecule has 2 rings (SSSR count). The lowest BCUT2D eigenvalue weighted by Crippen LogP contribution is -2.23. The third-order valence-electron chi connectivity index (χ3n) is 4.42. The van der Waals surface area contributed by atoms with Crippen molar-refractivity contribution in [3.63, 3.8) is 0 Å². The molecule has 2 aromatic rings. The summed E-state index contributed by atoms with van der Waals surface area (Å²) in [5.41, 5.74) is 2.15. The summed E-state index contributed by atoms with van der Waals surface area (Å²) in [6.07, 6.45) is 1.82. The van der Waals surface area contributed by atoms with Crippen LogP contribution in [-0.4, -0.2) is 5.97 Å². The van der Waals surface area contributed by atoms with Gasteiger partial charge in [0.15, 0.2) is 0 Å². The molecule has 2 aromatic carbocycles. The van der Waals surface area contributed by atoms with E-state index in [-0.39, 0.29) is 17.3 Å².